The van der Waals surface area contributed by atoms with Crippen molar-refractivity contribution < 1.29 is 14.6 Å². The van der Waals surface area contributed by atoms with Gasteiger partial charge in [-0.1, -0.05) is 29.8 Å². The van der Waals surface area contributed by atoms with Gasteiger partial charge in [0.15, 0.2) is 0 Å². The molecule has 0 radical (unpaired) electrons. The first kappa shape index (κ1) is 21.0. The number of nitrogens with zero attached hydrogens (tertiary/aromatic N) is 3. The van der Waals surface area contributed by atoms with Gasteiger partial charge in [-0.15, -0.1) is 0 Å². The van der Waals surface area contributed by atoms with E-state index in [1.54, 1.807) is 11.9 Å². The van der Waals surface area contributed by atoms with Crippen molar-refractivity contribution in [3.05, 3.63) is 53.1 Å². The number of fused-ring (bicyclic) bond motifs is 1. The number of carbonyl (C=O) groups excluding carboxylic acids is 1. The minimum absolute atomic E-state index is 0.121. The lowest BCUT2D eigenvalue weighted by Gasteiger charge is -2.37. The van der Waals surface area contributed by atoms with Crippen LogP contribution in [0.4, 0.5) is 11.4 Å². The summed E-state index contributed by atoms with van der Waals surface area (Å²) < 4.78 is 5.95. The summed E-state index contributed by atoms with van der Waals surface area (Å²) in [7, 11) is 1.79. The van der Waals surface area contributed by atoms with Crippen LogP contribution in [0.5, 0.6) is 5.75 Å². The van der Waals surface area contributed by atoms with Crippen LogP contribution in [-0.4, -0.2) is 68.4 Å². The number of aliphatic hydroxyl groups is 1. The van der Waals surface area contributed by atoms with Crippen LogP contribution in [0.1, 0.15) is 12.0 Å². The van der Waals surface area contributed by atoms with Gasteiger partial charge in [0.1, 0.15) is 18.5 Å². The predicted molar refractivity (Wildman–Crippen MR) is 120 cm³/mol. The number of β-amino-alcohol motifs (C(OH)–C–C–N with tert-alkyl or cyclic N) is 1. The van der Waals surface area contributed by atoms with Crippen molar-refractivity contribution in [3.63, 3.8) is 0 Å². The lowest BCUT2D eigenvalue weighted by Crippen LogP contribution is -2.49. The monoisotopic (exact) mass is 429 g/mol. The number of piperazine rings is 1. The van der Waals surface area contributed by atoms with Gasteiger partial charge in [0, 0.05) is 51.8 Å². The fraction of sp³-hybridized carbons (Fsp3) is 0.435. The molecule has 2 heterocycles. The number of para-hydroxylation sites is 1. The molecule has 1 N–H and O–H groups in total. The van der Waals surface area contributed by atoms with Crippen LogP contribution in [0.15, 0.2) is 42.5 Å². The van der Waals surface area contributed by atoms with Gasteiger partial charge in [-0.05, 0) is 30.7 Å². The number of aliphatic hydroxyl groups excluding tert-OH is 1. The summed E-state index contributed by atoms with van der Waals surface area (Å²) in [5.74, 6) is 0.880. The number of ether oxygens (including phenoxy) is 1. The quantitative estimate of drug-likeness (QED) is 0.765. The molecule has 2 aromatic carbocycles. The summed E-state index contributed by atoms with van der Waals surface area (Å²) in [5, 5.41) is 11.3. The Morgan fingerprint density at radius 1 is 1.03 bits per heavy atom. The zero-order chi connectivity index (χ0) is 21.1. The number of anilines is 2. The van der Waals surface area contributed by atoms with E-state index < -0.39 is 6.10 Å². The third-order valence-electron chi connectivity index (χ3n) is 5.90. The lowest BCUT2D eigenvalue weighted by molar-refractivity contribution is -0.118. The van der Waals surface area contributed by atoms with Gasteiger partial charge in [-0.2, -0.15) is 0 Å². The second-order valence-electron chi connectivity index (χ2n) is 7.91. The molecule has 0 aromatic heterocycles. The topological polar surface area (TPSA) is 56.3 Å². The van der Waals surface area contributed by atoms with Crippen LogP contribution in [0.2, 0.25) is 5.02 Å². The molecule has 1 amide bonds. The molecule has 160 valence electrons. The van der Waals surface area contributed by atoms with Crippen molar-refractivity contribution in [2.24, 2.45) is 0 Å². The van der Waals surface area contributed by atoms with Crippen LogP contribution >= 0.6 is 11.6 Å². The summed E-state index contributed by atoms with van der Waals surface area (Å²) in [6.45, 7) is 4.31. The van der Waals surface area contributed by atoms with Crippen molar-refractivity contribution in [2.75, 3.05) is 56.2 Å². The molecule has 2 aromatic rings. The lowest BCUT2D eigenvalue weighted by atomic mass is 10.0. The molecule has 6 nitrogen and oxygen atoms in total. The highest BCUT2D eigenvalue weighted by atomic mass is 35.5. The van der Waals surface area contributed by atoms with Crippen molar-refractivity contribution in [2.45, 2.75) is 18.9 Å². The molecule has 1 unspecified atom stereocenters. The van der Waals surface area contributed by atoms with Gasteiger partial charge in [-0.25, -0.2) is 0 Å². The normalized spacial score (nSPS) is 18.3. The number of carbonyl (C=O) groups is 1. The summed E-state index contributed by atoms with van der Waals surface area (Å²) in [6.07, 6.45) is 0.590. The molecule has 30 heavy (non-hydrogen) atoms. The van der Waals surface area contributed by atoms with E-state index in [2.05, 4.69) is 9.80 Å². The molecular weight excluding hydrogens is 402 g/mol. The molecule has 0 bridgehead atoms. The molecule has 2 aliphatic heterocycles. The molecule has 7 heteroatoms. The Morgan fingerprint density at radius 2 is 1.77 bits per heavy atom. The second-order valence-corrected chi connectivity index (χ2v) is 8.32. The Labute approximate surface area is 182 Å². The number of hydrogen-bond acceptors (Lipinski definition) is 5. The first-order chi connectivity index (χ1) is 14.5. The Balaban J connectivity index is 1.28. The highest BCUT2D eigenvalue weighted by molar-refractivity contribution is 6.33. The van der Waals surface area contributed by atoms with Crippen LogP contribution in [-0.2, 0) is 11.2 Å². The molecule has 1 fully saturated rings. The standard InChI is InChI=1S/C23H28ClN3O3/c1-25-20-7-4-8-22(18(20)9-10-23(25)29)30-16-17(28)15-26-11-13-27(14-12-26)21-6-3-2-5-19(21)24/h2-8,17,28H,9-16H2,1H3. The first-order valence-corrected chi connectivity index (χ1v) is 10.8. The van der Waals surface area contributed by atoms with E-state index in [0.29, 0.717) is 19.4 Å². The zero-order valence-electron chi connectivity index (χ0n) is 17.3. The average Bonchev–Trinajstić information content (AvgIpc) is 2.76. The largest absolute Gasteiger partial charge is 0.490 e. The second kappa shape index (κ2) is 9.25. The molecule has 0 spiro atoms. The van der Waals surface area contributed by atoms with Gasteiger partial charge in [-0.3, -0.25) is 9.69 Å². The van der Waals surface area contributed by atoms with Crippen molar-refractivity contribution in [1.82, 2.24) is 4.90 Å². The van der Waals surface area contributed by atoms with E-state index in [0.717, 1.165) is 53.9 Å². The average molecular weight is 430 g/mol. The van der Waals surface area contributed by atoms with E-state index >= 15 is 0 Å². The van der Waals surface area contributed by atoms with E-state index in [1.807, 2.05) is 42.5 Å². The van der Waals surface area contributed by atoms with Gasteiger partial charge in [0.25, 0.3) is 0 Å². The maximum atomic E-state index is 11.9. The number of amides is 1. The van der Waals surface area contributed by atoms with Crippen LogP contribution in [0, 0.1) is 0 Å². The third-order valence-corrected chi connectivity index (χ3v) is 6.22. The number of halogens is 1. The predicted octanol–water partition coefficient (Wildman–Crippen LogP) is 2.81. The summed E-state index contributed by atoms with van der Waals surface area (Å²) in [4.78, 5) is 18.1. The SMILES string of the molecule is CN1C(=O)CCc2c(OCC(O)CN3CCN(c4ccccc4Cl)CC3)cccc21. The third kappa shape index (κ3) is 4.56. The van der Waals surface area contributed by atoms with Gasteiger partial charge >= 0.3 is 0 Å². The van der Waals surface area contributed by atoms with Crippen LogP contribution < -0.4 is 14.5 Å². The first-order valence-electron chi connectivity index (χ1n) is 10.4. The van der Waals surface area contributed by atoms with Crippen molar-refractivity contribution in [1.29, 1.82) is 0 Å². The number of rotatable bonds is 6. The minimum Gasteiger partial charge on any atom is -0.490 e. The molecule has 2 aliphatic rings. The smallest absolute Gasteiger partial charge is 0.227 e. The Morgan fingerprint density at radius 3 is 2.53 bits per heavy atom. The number of hydrogen-bond donors (Lipinski definition) is 1. The fourth-order valence-electron chi connectivity index (χ4n) is 4.21. The maximum Gasteiger partial charge on any atom is 0.227 e. The summed E-state index contributed by atoms with van der Waals surface area (Å²) in [6, 6.07) is 13.7. The van der Waals surface area contributed by atoms with Crippen LogP contribution in [0.25, 0.3) is 0 Å². The van der Waals surface area contributed by atoms with E-state index in [4.69, 9.17) is 16.3 Å². The molecule has 4 rings (SSSR count). The van der Waals surface area contributed by atoms with Crippen molar-refractivity contribution in [3.8, 4) is 5.75 Å². The number of benzene rings is 2. The molecule has 0 saturated carbocycles. The van der Waals surface area contributed by atoms with E-state index in [-0.39, 0.29) is 12.5 Å². The highest BCUT2D eigenvalue weighted by Crippen LogP contribution is 2.34. The summed E-state index contributed by atoms with van der Waals surface area (Å²) >= 11 is 6.31. The van der Waals surface area contributed by atoms with Crippen LogP contribution in [0.3, 0.4) is 0 Å². The highest BCUT2D eigenvalue weighted by Gasteiger charge is 2.24. The molecule has 1 atom stereocenters. The van der Waals surface area contributed by atoms with Crippen molar-refractivity contribution >= 4 is 28.9 Å². The molecular formula is C23H28ClN3O3. The fourth-order valence-corrected chi connectivity index (χ4v) is 4.46. The summed E-state index contributed by atoms with van der Waals surface area (Å²) in [5.41, 5.74) is 3.01. The van der Waals surface area contributed by atoms with E-state index in [1.165, 1.54) is 0 Å². The van der Waals surface area contributed by atoms with Gasteiger partial charge < -0.3 is 19.6 Å². The Bertz CT molecular complexity index is 899. The van der Waals surface area contributed by atoms with Gasteiger partial charge in [0.2, 0.25) is 5.91 Å². The molecule has 1 saturated heterocycles. The maximum absolute atomic E-state index is 11.9. The zero-order valence-corrected chi connectivity index (χ0v) is 18.0. The van der Waals surface area contributed by atoms with E-state index in [9.17, 15) is 9.90 Å². The Kier molecular flexibility index (Phi) is 6.46. The minimum atomic E-state index is -0.573. The van der Waals surface area contributed by atoms with Gasteiger partial charge in [0.05, 0.1) is 16.4 Å². The molecule has 0 aliphatic carbocycles. The Hall–Kier alpha value is -2.28.